The van der Waals surface area contributed by atoms with Gasteiger partial charge in [0.05, 0.1) is 10.8 Å². The van der Waals surface area contributed by atoms with Crippen molar-refractivity contribution in [1.82, 2.24) is 9.62 Å². The van der Waals surface area contributed by atoms with Crippen LogP contribution in [0.3, 0.4) is 0 Å². The quantitative estimate of drug-likeness (QED) is 0.636. The third-order valence-corrected chi connectivity index (χ3v) is 6.71. The van der Waals surface area contributed by atoms with Crippen molar-refractivity contribution in [3.05, 3.63) is 54.6 Å². The first-order valence-electron chi connectivity index (χ1n) is 10.6. The number of urea groups is 1. The van der Waals surface area contributed by atoms with E-state index >= 15 is 0 Å². The van der Waals surface area contributed by atoms with E-state index in [0.717, 1.165) is 0 Å². The number of nitrogens with one attached hydrogen (secondary N) is 3. The standard InChI is InChI=1S/C23H30N4O4S/c1-23(2,3)26-32(30,31)20-13-7-12-19(15-20)24-21(28)17-9-8-14-27(16-17)22(29)25-18-10-5-4-6-11-18/h4-7,10-13,15,17,26H,8-9,14,16H2,1-3H3,(H,24,28)(H,25,29). The Hall–Kier alpha value is -2.91. The van der Waals surface area contributed by atoms with Crippen molar-refractivity contribution in [2.24, 2.45) is 5.92 Å². The molecule has 0 radical (unpaired) electrons. The first kappa shape index (κ1) is 23.7. The summed E-state index contributed by atoms with van der Waals surface area (Å²) in [5.41, 5.74) is 0.479. The van der Waals surface area contributed by atoms with Crippen LogP contribution in [0.2, 0.25) is 0 Å². The van der Waals surface area contributed by atoms with Crippen LogP contribution in [0.5, 0.6) is 0 Å². The number of rotatable bonds is 5. The van der Waals surface area contributed by atoms with Crippen LogP contribution >= 0.6 is 0 Å². The van der Waals surface area contributed by atoms with Crippen molar-refractivity contribution in [1.29, 1.82) is 0 Å². The van der Waals surface area contributed by atoms with Gasteiger partial charge in [-0.2, -0.15) is 0 Å². The summed E-state index contributed by atoms with van der Waals surface area (Å²) in [6, 6.07) is 15.1. The molecule has 1 aliphatic heterocycles. The Morgan fingerprint density at radius 2 is 1.66 bits per heavy atom. The number of likely N-dealkylation sites (tertiary alicyclic amines) is 1. The van der Waals surface area contributed by atoms with E-state index in [2.05, 4.69) is 15.4 Å². The molecule has 32 heavy (non-hydrogen) atoms. The van der Waals surface area contributed by atoms with Gasteiger partial charge in [0.2, 0.25) is 15.9 Å². The summed E-state index contributed by atoms with van der Waals surface area (Å²) < 4.78 is 27.8. The summed E-state index contributed by atoms with van der Waals surface area (Å²) in [6.45, 7) is 6.17. The van der Waals surface area contributed by atoms with Crippen LogP contribution in [-0.4, -0.2) is 43.9 Å². The largest absolute Gasteiger partial charge is 0.326 e. The predicted octanol–water partition coefficient (Wildman–Crippen LogP) is 3.65. The molecule has 1 fully saturated rings. The average molecular weight is 459 g/mol. The van der Waals surface area contributed by atoms with Gasteiger partial charge < -0.3 is 15.5 Å². The van der Waals surface area contributed by atoms with E-state index in [9.17, 15) is 18.0 Å². The number of piperidine rings is 1. The Morgan fingerprint density at radius 1 is 0.969 bits per heavy atom. The summed E-state index contributed by atoms with van der Waals surface area (Å²) in [7, 11) is -3.71. The number of anilines is 2. The van der Waals surface area contributed by atoms with E-state index in [4.69, 9.17) is 0 Å². The summed E-state index contributed by atoms with van der Waals surface area (Å²) in [6.07, 6.45) is 1.37. The van der Waals surface area contributed by atoms with Gasteiger partial charge in [0, 0.05) is 30.0 Å². The highest BCUT2D eigenvalue weighted by molar-refractivity contribution is 7.89. The van der Waals surface area contributed by atoms with Gasteiger partial charge in [0.15, 0.2) is 0 Å². The molecule has 3 rings (SSSR count). The molecular weight excluding hydrogens is 428 g/mol. The van der Waals surface area contributed by atoms with Crippen LogP contribution in [-0.2, 0) is 14.8 Å². The molecule has 1 saturated heterocycles. The molecule has 1 heterocycles. The second-order valence-electron chi connectivity index (χ2n) is 8.95. The predicted molar refractivity (Wildman–Crippen MR) is 125 cm³/mol. The van der Waals surface area contributed by atoms with Crippen LogP contribution in [0.25, 0.3) is 0 Å². The molecule has 1 aliphatic rings. The van der Waals surface area contributed by atoms with Gasteiger partial charge in [0.25, 0.3) is 0 Å². The lowest BCUT2D eigenvalue weighted by molar-refractivity contribution is -0.121. The fourth-order valence-electron chi connectivity index (χ4n) is 3.55. The molecule has 1 atom stereocenters. The van der Waals surface area contributed by atoms with Crippen LogP contribution in [0.1, 0.15) is 33.6 Å². The van der Waals surface area contributed by atoms with Crippen LogP contribution in [0, 0.1) is 5.92 Å². The normalized spacial score (nSPS) is 17.0. The van der Waals surface area contributed by atoms with Crippen molar-refractivity contribution in [3.63, 3.8) is 0 Å². The lowest BCUT2D eigenvalue weighted by Gasteiger charge is -2.32. The topological polar surface area (TPSA) is 108 Å². The van der Waals surface area contributed by atoms with Crippen molar-refractivity contribution in [2.45, 2.75) is 44.0 Å². The second-order valence-corrected chi connectivity index (χ2v) is 10.6. The van der Waals surface area contributed by atoms with Gasteiger partial charge in [0.1, 0.15) is 0 Å². The van der Waals surface area contributed by atoms with Crippen molar-refractivity contribution in [2.75, 3.05) is 23.7 Å². The Kier molecular flexibility index (Phi) is 7.20. The SMILES string of the molecule is CC(C)(C)NS(=O)(=O)c1cccc(NC(=O)C2CCCN(C(=O)Nc3ccccc3)C2)c1. The van der Waals surface area contributed by atoms with Crippen LogP contribution in [0.15, 0.2) is 59.5 Å². The van der Waals surface area contributed by atoms with Crippen molar-refractivity contribution < 1.29 is 18.0 Å². The number of benzene rings is 2. The minimum absolute atomic E-state index is 0.0812. The molecule has 1 unspecified atom stereocenters. The first-order chi connectivity index (χ1) is 15.0. The lowest BCUT2D eigenvalue weighted by Crippen LogP contribution is -2.45. The molecule has 0 aliphatic carbocycles. The molecule has 0 bridgehead atoms. The van der Waals surface area contributed by atoms with E-state index in [0.29, 0.717) is 37.3 Å². The third kappa shape index (κ3) is 6.54. The zero-order valence-corrected chi connectivity index (χ0v) is 19.4. The monoisotopic (exact) mass is 458 g/mol. The molecular formula is C23H30N4O4S. The molecule has 8 nitrogen and oxygen atoms in total. The smallest absolute Gasteiger partial charge is 0.321 e. The Balaban J connectivity index is 1.64. The third-order valence-electron chi connectivity index (χ3n) is 4.96. The summed E-state index contributed by atoms with van der Waals surface area (Å²) in [5.74, 6) is -0.612. The van der Waals surface area contributed by atoms with E-state index in [1.807, 2.05) is 30.3 Å². The van der Waals surface area contributed by atoms with Gasteiger partial charge in [-0.05, 0) is 63.9 Å². The van der Waals surface area contributed by atoms with Crippen molar-refractivity contribution >= 4 is 33.3 Å². The minimum Gasteiger partial charge on any atom is -0.326 e. The molecule has 172 valence electrons. The molecule has 2 aromatic rings. The summed E-state index contributed by atoms with van der Waals surface area (Å²) >= 11 is 0. The highest BCUT2D eigenvalue weighted by Gasteiger charge is 2.29. The Bertz CT molecular complexity index is 1060. The van der Waals surface area contributed by atoms with E-state index in [1.54, 1.807) is 37.8 Å². The number of amides is 3. The summed E-state index contributed by atoms with van der Waals surface area (Å²) in [5, 5.41) is 5.65. The van der Waals surface area contributed by atoms with E-state index in [1.165, 1.54) is 12.1 Å². The van der Waals surface area contributed by atoms with E-state index in [-0.39, 0.29) is 22.8 Å². The number of hydrogen-bond donors (Lipinski definition) is 3. The van der Waals surface area contributed by atoms with Crippen LogP contribution in [0.4, 0.5) is 16.2 Å². The lowest BCUT2D eigenvalue weighted by atomic mass is 9.97. The highest BCUT2D eigenvalue weighted by Crippen LogP contribution is 2.22. The van der Waals surface area contributed by atoms with Gasteiger partial charge in [-0.3, -0.25) is 4.79 Å². The zero-order chi connectivity index (χ0) is 23.4. The zero-order valence-electron chi connectivity index (χ0n) is 18.6. The molecule has 9 heteroatoms. The van der Waals surface area contributed by atoms with Gasteiger partial charge in [-0.15, -0.1) is 0 Å². The molecule has 0 spiro atoms. The fraction of sp³-hybridized carbons (Fsp3) is 0.391. The number of carbonyl (C=O) groups excluding carboxylic acids is 2. The molecule has 3 N–H and O–H groups in total. The first-order valence-corrected chi connectivity index (χ1v) is 12.1. The number of sulfonamides is 1. The molecule has 0 saturated carbocycles. The molecule has 3 amide bonds. The maximum Gasteiger partial charge on any atom is 0.321 e. The second kappa shape index (κ2) is 9.70. The van der Waals surface area contributed by atoms with Gasteiger partial charge in [-0.1, -0.05) is 24.3 Å². The number of carbonyl (C=O) groups is 2. The number of hydrogen-bond acceptors (Lipinski definition) is 4. The molecule has 0 aromatic heterocycles. The van der Waals surface area contributed by atoms with Gasteiger partial charge >= 0.3 is 6.03 Å². The Morgan fingerprint density at radius 3 is 2.34 bits per heavy atom. The number of nitrogens with zero attached hydrogens (tertiary/aromatic N) is 1. The van der Waals surface area contributed by atoms with Crippen LogP contribution < -0.4 is 15.4 Å². The highest BCUT2D eigenvalue weighted by atomic mass is 32.2. The summed E-state index contributed by atoms with van der Waals surface area (Å²) in [4.78, 5) is 27.1. The fourth-order valence-corrected chi connectivity index (χ4v) is 5.01. The maximum absolute atomic E-state index is 12.8. The van der Waals surface area contributed by atoms with Gasteiger partial charge in [-0.25, -0.2) is 17.9 Å². The average Bonchev–Trinajstić information content (AvgIpc) is 2.73. The maximum atomic E-state index is 12.8. The minimum atomic E-state index is -3.71. The number of para-hydroxylation sites is 1. The van der Waals surface area contributed by atoms with E-state index < -0.39 is 15.6 Å². The van der Waals surface area contributed by atoms with Crippen molar-refractivity contribution in [3.8, 4) is 0 Å². The molecule has 2 aromatic carbocycles. The Labute approximate surface area is 189 Å².